The summed E-state index contributed by atoms with van der Waals surface area (Å²) in [5.41, 5.74) is 1.27. The van der Waals surface area contributed by atoms with Crippen molar-refractivity contribution in [3.63, 3.8) is 0 Å². The highest BCUT2D eigenvalue weighted by Gasteiger charge is 2.16. The van der Waals surface area contributed by atoms with Crippen LogP contribution < -0.4 is 5.32 Å². The Morgan fingerprint density at radius 3 is 2.96 bits per heavy atom. The topological polar surface area (TPSA) is 90.1 Å². The zero-order chi connectivity index (χ0) is 17.6. The molecule has 0 spiro atoms. The van der Waals surface area contributed by atoms with Gasteiger partial charge in [-0.05, 0) is 32.6 Å². The molecule has 2 heterocycles. The minimum Gasteiger partial charge on any atom is -0.374 e. The summed E-state index contributed by atoms with van der Waals surface area (Å²) in [7, 11) is 1.59. The summed E-state index contributed by atoms with van der Waals surface area (Å²) in [4.78, 5) is 22.3. The highest BCUT2D eigenvalue weighted by atomic mass is 32.1. The Morgan fingerprint density at radius 1 is 1.32 bits per heavy atom. The molecule has 2 aromatic rings. The lowest BCUT2D eigenvalue weighted by molar-refractivity contribution is -0.121. The quantitative estimate of drug-likeness (QED) is 0.773. The molecule has 0 aromatic carbocycles. The van der Waals surface area contributed by atoms with Gasteiger partial charge in [0.1, 0.15) is 6.10 Å². The van der Waals surface area contributed by atoms with Crippen LogP contribution >= 0.6 is 11.3 Å². The molecule has 1 aliphatic carbocycles. The van der Waals surface area contributed by atoms with Crippen LogP contribution in [0.15, 0.2) is 4.52 Å². The SMILES string of the molecule is CO[C@H](C)c1noc(CCC(=O)NCCc2nc3c(s2)CCCC3)n1. The molecule has 25 heavy (non-hydrogen) atoms. The van der Waals surface area contributed by atoms with E-state index < -0.39 is 0 Å². The second-order valence-corrected chi connectivity index (χ2v) is 7.38. The summed E-state index contributed by atoms with van der Waals surface area (Å²) >= 11 is 1.80. The van der Waals surface area contributed by atoms with Gasteiger partial charge in [0.2, 0.25) is 11.8 Å². The summed E-state index contributed by atoms with van der Waals surface area (Å²) in [6.07, 6.45) is 6.12. The number of methoxy groups -OCH3 is 1. The molecule has 0 saturated heterocycles. The lowest BCUT2D eigenvalue weighted by Gasteiger charge is -2.06. The molecular formula is C17H24N4O3S. The predicted octanol–water partition coefficient (Wildman–Crippen LogP) is 2.40. The van der Waals surface area contributed by atoms with E-state index in [1.54, 1.807) is 18.4 Å². The predicted molar refractivity (Wildman–Crippen MR) is 93.5 cm³/mol. The van der Waals surface area contributed by atoms with Crippen LogP contribution in [0.25, 0.3) is 0 Å². The van der Waals surface area contributed by atoms with Gasteiger partial charge in [0, 0.05) is 37.8 Å². The third-order valence-corrected chi connectivity index (χ3v) is 5.54. The normalized spacial score (nSPS) is 15.0. The minimum absolute atomic E-state index is 0.0131. The van der Waals surface area contributed by atoms with Gasteiger partial charge in [-0.3, -0.25) is 4.79 Å². The van der Waals surface area contributed by atoms with Crippen molar-refractivity contribution in [3.05, 3.63) is 27.3 Å². The number of hydrogen-bond acceptors (Lipinski definition) is 7. The van der Waals surface area contributed by atoms with E-state index >= 15 is 0 Å². The first-order chi connectivity index (χ1) is 12.2. The van der Waals surface area contributed by atoms with Gasteiger partial charge >= 0.3 is 0 Å². The van der Waals surface area contributed by atoms with Crippen molar-refractivity contribution in [1.29, 1.82) is 0 Å². The molecule has 0 saturated carbocycles. The highest BCUT2D eigenvalue weighted by Crippen LogP contribution is 2.26. The Balaban J connectivity index is 1.38. The van der Waals surface area contributed by atoms with Crippen molar-refractivity contribution in [2.45, 2.75) is 58.0 Å². The van der Waals surface area contributed by atoms with E-state index in [4.69, 9.17) is 14.2 Å². The van der Waals surface area contributed by atoms with Crippen molar-refractivity contribution >= 4 is 17.2 Å². The maximum atomic E-state index is 12.0. The van der Waals surface area contributed by atoms with Crippen molar-refractivity contribution in [2.75, 3.05) is 13.7 Å². The number of thiazole rings is 1. The zero-order valence-corrected chi connectivity index (χ0v) is 15.5. The molecule has 0 fully saturated rings. The van der Waals surface area contributed by atoms with Gasteiger partial charge in [-0.15, -0.1) is 11.3 Å². The fourth-order valence-electron chi connectivity index (χ4n) is 2.77. The Kier molecular flexibility index (Phi) is 6.14. The smallest absolute Gasteiger partial charge is 0.227 e. The average Bonchev–Trinajstić information content (AvgIpc) is 3.25. The van der Waals surface area contributed by atoms with Crippen LogP contribution in [0.5, 0.6) is 0 Å². The number of hydrogen-bond donors (Lipinski definition) is 1. The van der Waals surface area contributed by atoms with E-state index in [9.17, 15) is 4.79 Å². The lowest BCUT2D eigenvalue weighted by Crippen LogP contribution is -2.25. The van der Waals surface area contributed by atoms with Crippen LogP contribution in [-0.2, 0) is 35.2 Å². The summed E-state index contributed by atoms with van der Waals surface area (Å²) in [6.45, 7) is 2.46. The monoisotopic (exact) mass is 364 g/mol. The van der Waals surface area contributed by atoms with E-state index in [-0.39, 0.29) is 12.0 Å². The summed E-state index contributed by atoms with van der Waals surface area (Å²) < 4.78 is 10.3. The van der Waals surface area contributed by atoms with Crippen LogP contribution in [0.4, 0.5) is 0 Å². The molecule has 1 amide bonds. The molecule has 3 rings (SSSR count). The Bertz CT molecular complexity index is 689. The van der Waals surface area contributed by atoms with E-state index in [0.29, 0.717) is 31.1 Å². The molecule has 0 bridgehead atoms. The van der Waals surface area contributed by atoms with E-state index in [0.717, 1.165) is 24.3 Å². The second-order valence-electron chi connectivity index (χ2n) is 6.21. The molecule has 136 valence electrons. The van der Waals surface area contributed by atoms with Crippen LogP contribution in [0, 0.1) is 0 Å². The van der Waals surface area contributed by atoms with Gasteiger partial charge in [-0.1, -0.05) is 5.16 Å². The zero-order valence-electron chi connectivity index (χ0n) is 14.7. The van der Waals surface area contributed by atoms with Gasteiger partial charge < -0.3 is 14.6 Å². The fourth-order valence-corrected chi connectivity index (χ4v) is 3.93. The molecule has 0 unspecified atom stereocenters. The first-order valence-corrected chi connectivity index (χ1v) is 9.56. The molecule has 1 atom stereocenters. The van der Waals surface area contributed by atoms with Crippen molar-refractivity contribution in [1.82, 2.24) is 20.4 Å². The van der Waals surface area contributed by atoms with Crippen LogP contribution in [0.1, 0.15) is 59.6 Å². The average molecular weight is 364 g/mol. The number of carbonyl (C=O) groups is 1. The van der Waals surface area contributed by atoms with Gasteiger partial charge in [0.05, 0.1) is 10.7 Å². The Hall–Kier alpha value is -1.80. The van der Waals surface area contributed by atoms with Crippen molar-refractivity contribution < 1.29 is 14.1 Å². The van der Waals surface area contributed by atoms with Crippen molar-refractivity contribution in [2.24, 2.45) is 0 Å². The van der Waals surface area contributed by atoms with E-state index in [1.165, 1.54) is 23.4 Å². The number of carbonyl (C=O) groups excluding carboxylic acids is 1. The van der Waals surface area contributed by atoms with Gasteiger partial charge in [0.15, 0.2) is 5.82 Å². The molecule has 7 nitrogen and oxygen atoms in total. The second kappa shape index (κ2) is 8.53. The largest absolute Gasteiger partial charge is 0.374 e. The van der Waals surface area contributed by atoms with Crippen LogP contribution in [-0.4, -0.2) is 34.7 Å². The van der Waals surface area contributed by atoms with E-state index in [1.807, 2.05) is 6.92 Å². The molecule has 0 aliphatic heterocycles. The number of aryl methyl sites for hydroxylation is 3. The first kappa shape index (κ1) is 18.0. The van der Waals surface area contributed by atoms with Gasteiger partial charge in [0.25, 0.3) is 0 Å². The number of amides is 1. The number of rotatable bonds is 8. The first-order valence-electron chi connectivity index (χ1n) is 8.75. The number of fused-ring (bicyclic) bond motifs is 1. The third kappa shape index (κ3) is 4.85. The Morgan fingerprint density at radius 2 is 2.16 bits per heavy atom. The van der Waals surface area contributed by atoms with Crippen LogP contribution in [0.3, 0.4) is 0 Å². The molecule has 0 radical (unpaired) electrons. The summed E-state index contributed by atoms with van der Waals surface area (Å²) in [5.74, 6) is 0.952. The number of aromatic nitrogens is 3. The molecule has 8 heteroatoms. The molecule has 2 aromatic heterocycles. The molecule has 1 aliphatic rings. The number of ether oxygens (including phenoxy) is 1. The molecular weight excluding hydrogens is 340 g/mol. The maximum Gasteiger partial charge on any atom is 0.227 e. The summed E-state index contributed by atoms with van der Waals surface area (Å²) in [5, 5.41) is 7.91. The highest BCUT2D eigenvalue weighted by molar-refractivity contribution is 7.11. The van der Waals surface area contributed by atoms with E-state index in [2.05, 4.69) is 15.5 Å². The fraction of sp³-hybridized carbons (Fsp3) is 0.647. The maximum absolute atomic E-state index is 12.0. The standard InChI is InChI=1S/C17H24N4O3S/c1-11(23-2)17-20-15(24-21-17)8-7-14(22)18-10-9-16-19-12-5-3-4-6-13(12)25-16/h11H,3-10H2,1-2H3,(H,18,22)/t11-/m1/s1. The minimum atomic E-state index is -0.213. The summed E-state index contributed by atoms with van der Waals surface area (Å²) in [6, 6.07) is 0. The van der Waals surface area contributed by atoms with Gasteiger partial charge in [-0.25, -0.2) is 4.98 Å². The Labute approximate surface area is 151 Å². The van der Waals surface area contributed by atoms with Gasteiger partial charge in [-0.2, -0.15) is 4.98 Å². The number of nitrogens with zero attached hydrogens (tertiary/aromatic N) is 3. The molecule has 1 N–H and O–H groups in total. The lowest BCUT2D eigenvalue weighted by atomic mass is 10.0. The van der Waals surface area contributed by atoms with Crippen LogP contribution in [0.2, 0.25) is 0 Å². The van der Waals surface area contributed by atoms with Crippen molar-refractivity contribution in [3.8, 4) is 0 Å². The number of nitrogens with one attached hydrogen (secondary N) is 1. The third-order valence-electron chi connectivity index (χ3n) is 4.32.